The molecular formula is C35H62NO8P. The van der Waals surface area contributed by atoms with Gasteiger partial charge >= 0.3 is 19.8 Å². The number of nitrogens with two attached hydrogens (primary N) is 1. The van der Waals surface area contributed by atoms with Crippen molar-refractivity contribution in [3.8, 4) is 0 Å². The van der Waals surface area contributed by atoms with E-state index in [0.717, 1.165) is 57.8 Å². The van der Waals surface area contributed by atoms with Crippen LogP contribution in [0.2, 0.25) is 0 Å². The first-order valence-electron chi connectivity index (χ1n) is 17.2. The van der Waals surface area contributed by atoms with Gasteiger partial charge < -0.3 is 20.1 Å². The smallest absolute Gasteiger partial charge is 0.462 e. The van der Waals surface area contributed by atoms with Crippen molar-refractivity contribution in [3.05, 3.63) is 48.6 Å². The van der Waals surface area contributed by atoms with Crippen molar-refractivity contribution in [1.29, 1.82) is 0 Å². The molecule has 0 aromatic heterocycles. The molecule has 0 aliphatic carbocycles. The number of phosphoric acid groups is 1. The minimum absolute atomic E-state index is 0.0486. The van der Waals surface area contributed by atoms with Gasteiger partial charge in [0.2, 0.25) is 0 Å². The summed E-state index contributed by atoms with van der Waals surface area (Å²) in [5.41, 5.74) is 5.31. The third-order valence-corrected chi connectivity index (χ3v) is 7.81. The summed E-state index contributed by atoms with van der Waals surface area (Å²) >= 11 is 0. The molecule has 2 atom stereocenters. The van der Waals surface area contributed by atoms with Crippen LogP contribution in [-0.2, 0) is 32.7 Å². The van der Waals surface area contributed by atoms with Crippen molar-refractivity contribution >= 4 is 19.8 Å². The summed E-state index contributed by atoms with van der Waals surface area (Å²) in [6.07, 6.45) is 32.9. The fourth-order valence-corrected chi connectivity index (χ4v) is 5.05. The first kappa shape index (κ1) is 43.0. The van der Waals surface area contributed by atoms with Crippen LogP contribution in [-0.4, -0.2) is 49.3 Å². The fourth-order valence-electron chi connectivity index (χ4n) is 4.29. The number of hydrogen-bond acceptors (Lipinski definition) is 8. The summed E-state index contributed by atoms with van der Waals surface area (Å²) < 4.78 is 32.5. The van der Waals surface area contributed by atoms with E-state index in [0.29, 0.717) is 12.8 Å². The molecule has 0 fully saturated rings. The van der Waals surface area contributed by atoms with Crippen LogP contribution in [0.4, 0.5) is 0 Å². The predicted octanol–water partition coefficient (Wildman–Crippen LogP) is 8.82. The van der Waals surface area contributed by atoms with E-state index in [2.05, 4.69) is 32.1 Å². The van der Waals surface area contributed by atoms with Gasteiger partial charge in [0, 0.05) is 19.4 Å². The second-order valence-corrected chi connectivity index (χ2v) is 12.6. The summed E-state index contributed by atoms with van der Waals surface area (Å²) in [5.74, 6) is -0.865. The van der Waals surface area contributed by atoms with Crippen molar-refractivity contribution in [2.45, 2.75) is 136 Å². The Morgan fingerprint density at radius 3 is 1.82 bits per heavy atom. The average Bonchev–Trinajstić information content (AvgIpc) is 3.02. The van der Waals surface area contributed by atoms with Crippen molar-refractivity contribution in [2.24, 2.45) is 5.73 Å². The minimum atomic E-state index is -4.37. The molecule has 0 spiro atoms. The van der Waals surface area contributed by atoms with Crippen LogP contribution >= 0.6 is 7.82 Å². The molecule has 0 aromatic rings. The van der Waals surface area contributed by atoms with Crippen LogP contribution < -0.4 is 5.73 Å². The van der Waals surface area contributed by atoms with Gasteiger partial charge in [0.15, 0.2) is 6.10 Å². The number of allylic oxidation sites excluding steroid dienone is 8. The second-order valence-electron chi connectivity index (χ2n) is 11.1. The highest BCUT2D eigenvalue weighted by Gasteiger charge is 2.25. The van der Waals surface area contributed by atoms with Crippen molar-refractivity contribution in [3.63, 3.8) is 0 Å². The number of esters is 2. The Kier molecular flexibility index (Phi) is 30.5. The van der Waals surface area contributed by atoms with E-state index < -0.39 is 32.5 Å². The molecule has 0 radical (unpaired) electrons. The number of carbonyl (C=O) groups is 2. The average molecular weight is 656 g/mol. The third-order valence-electron chi connectivity index (χ3n) is 6.82. The van der Waals surface area contributed by atoms with E-state index in [1.54, 1.807) is 0 Å². The molecule has 1 unspecified atom stereocenters. The van der Waals surface area contributed by atoms with E-state index in [-0.39, 0.29) is 32.6 Å². The Bertz CT molecular complexity index is 887. The Morgan fingerprint density at radius 2 is 1.22 bits per heavy atom. The molecule has 0 bridgehead atoms. The van der Waals surface area contributed by atoms with Crippen LogP contribution in [0.25, 0.3) is 0 Å². The molecule has 0 heterocycles. The lowest BCUT2D eigenvalue weighted by Crippen LogP contribution is -2.29. The zero-order valence-corrected chi connectivity index (χ0v) is 29.0. The molecular weight excluding hydrogens is 593 g/mol. The van der Waals surface area contributed by atoms with Crippen LogP contribution in [0.5, 0.6) is 0 Å². The summed E-state index contributed by atoms with van der Waals surface area (Å²) in [7, 11) is -4.37. The molecule has 0 aliphatic heterocycles. The van der Waals surface area contributed by atoms with E-state index in [1.807, 2.05) is 30.4 Å². The second kappa shape index (κ2) is 31.9. The highest BCUT2D eigenvalue weighted by atomic mass is 31.2. The van der Waals surface area contributed by atoms with Gasteiger partial charge in [0.25, 0.3) is 0 Å². The van der Waals surface area contributed by atoms with E-state index >= 15 is 0 Å². The van der Waals surface area contributed by atoms with Gasteiger partial charge in [0.05, 0.1) is 13.2 Å². The molecule has 0 aromatic carbocycles. The van der Waals surface area contributed by atoms with Crippen LogP contribution in [0, 0.1) is 0 Å². The largest absolute Gasteiger partial charge is 0.472 e. The molecule has 260 valence electrons. The topological polar surface area (TPSA) is 134 Å². The van der Waals surface area contributed by atoms with Gasteiger partial charge in [-0.1, -0.05) is 133 Å². The quantitative estimate of drug-likeness (QED) is 0.0325. The lowest BCUT2D eigenvalue weighted by atomic mass is 10.1. The Morgan fingerprint density at radius 1 is 0.689 bits per heavy atom. The summed E-state index contributed by atoms with van der Waals surface area (Å²) in [6, 6.07) is 0. The fraction of sp³-hybridized carbons (Fsp3) is 0.714. The highest BCUT2D eigenvalue weighted by Crippen LogP contribution is 2.43. The number of unbranched alkanes of at least 4 members (excludes halogenated alkanes) is 13. The Hall–Kier alpha value is -2.03. The van der Waals surface area contributed by atoms with Crippen molar-refractivity contribution in [1.82, 2.24) is 0 Å². The zero-order chi connectivity index (χ0) is 33.3. The summed E-state index contributed by atoms with van der Waals surface area (Å²) in [5, 5.41) is 0. The van der Waals surface area contributed by atoms with Crippen LogP contribution in [0.15, 0.2) is 48.6 Å². The van der Waals surface area contributed by atoms with Gasteiger partial charge in [-0.15, -0.1) is 0 Å². The first-order chi connectivity index (χ1) is 21.8. The maximum atomic E-state index is 12.4. The third kappa shape index (κ3) is 31.7. The number of rotatable bonds is 31. The Labute approximate surface area is 273 Å². The van der Waals surface area contributed by atoms with Crippen LogP contribution in [0.1, 0.15) is 129 Å². The zero-order valence-electron chi connectivity index (χ0n) is 28.1. The number of phosphoric ester groups is 1. The van der Waals surface area contributed by atoms with Gasteiger partial charge in [-0.2, -0.15) is 0 Å². The predicted molar refractivity (Wildman–Crippen MR) is 183 cm³/mol. The maximum absolute atomic E-state index is 12.4. The molecule has 45 heavy (non-hydrogen) atoms. The molecule has 0 amide bonds. The molecule has 0 saturated heterocycles. The molecule has 0 rings (SSSR count). The maximum Gasteiger partial charge on any atom is 0.472 e. The number of ether oxygens (including phenoxy) is 2. The van der Waals surface area contributed by atoms with Gasteiger partial charge in [-0.25, -0.2) is 4.57 Å². The molecule has 9 nitrogen and oxygen atoms in total. The van der Waals surface area contributed by atoms with E-state index in [1.165, 1.54) is 32.1 Å². The van der Waals surface area contributed by atoms with Crippen LogP contribution in [0.3, 0.4) is 0 Å². The summed E-state index contributed by atoms with van der Waals surface area (Å²) in [4.78, 5) is 34.5. The lowest BCUT2D eigenvalue weighted by molar-refractivity contribution is -0.161. The summed E-state index contributed by atoms with van der Waals surface area (Å²) in [6.45, 7) is 3.50. The normalized spacial score (nSPS) is 14.1. The number of carbonyl (C=O) groups excluding carboxylic acids is 2. The molecule has 0 saturated carbocycles. The Balaban J connectivity index is 4.31. The van der Waals surface area contributed by atoms with E-state index in [4.69, 9.17) is 24.3 Å². The van der Waals surface area contributed by atoms with Gasteiger partial charge in [-0.05, 0) is 32.1 Å². The molecule has 3 N–H and O–H groups in total. The van der Waals surface area contributed by atoms with Crippen molar-refractivity contribution < 1.29 is 37.6 Å². The molecule has 0 aliphatic rings. The first-order valence-corrected chi connectivity index (χ1v) is 18.7. The SMILES string of the molecule is CC/C=C/C=C/C=C/C=C/CCCCCCCC(=O)OC[C@@H](COP(=O)(O)OCCN)OC(=O)CCCCCCCCCCC. The monoisotopic (exact) mass is 655 g/mol. The van der Waals surface area contributed by atoms with E-state index in [9.17, 15) is 19.0 Å². The highest BCUT2D eigenvalue weighted by molar-refractivity contribution is 7.47. The standard InChI is InChI=1S/C35H62NO8P/c1-3-5-7-9-11-13-14-15-16-17-18-20-21-23-25-27-34(37)41-31-33(32-43-45(39,40)42-30-29-36)44-35(38)28-26-24-22-19-12-10-8-6-4-2/h5,7,9,11,13-16,33H,3-4,6,8,10,12,17-32,36H2,1-2H3,(H,39,40)/b7-5+,11-9+,14-13+,16-15+/t33-/m0/s1. The van der Waals surface area contributed by atoms with Crippen molar-refractivity contribution in [2.75, 3.05) is 26.4 Å². The van der Waals surface area contributed by atoms with Gasteiger partial charge in [-0.3, -0.25) is 18.6 Å². The lowest BCUT2D eigenvalue weighted by Gasteiger charge is -2.19. The van der Waals surface area contributed by atoms with Gasteiger partial charge in [0.1, 0.15) is 6.61 Å². The minimum Gasteiger partial charge on any atom is -0.462 e. The molecule has 10 heteroatoms. The number of hydrogen-bond donors (Lipinski definition) is 2.